The van der Waals surface area contributed by atoms with Gasteiger partial charge in [0, 0.05) is 6.07 Å². The zero-order chi connectivity index (χ0) is 22.4. The summed E-state index contributed by atoms with van der Waals surface area (Å²) in [6.45, 7) is 2.24. The average molecular weight is 506 g/mol. The monoisotopic (exact) mass is 505 g/mol. The molecule has 0 saturated carbocycles. The van der Waals surface area contributed by atoms with Gasteiger partial charge in [-0.05, 0) is 42.1 Å². The first-order chi connectivity index (χ1) is 15.0. The second kappa shape index (κ2) is 11.6. The average Bonchev–Trinajstić information content (AvgIpc) is 2.79. The number of aromatic nitrogens is 1. The molecule has 0 aliphatic rings. The Morgan fingerprint density at radius 1 is 0.844 bits per heavy atom. The van der Waals surface area contributed by atoms with Crippen LogP contribution in [0.4, 0.5) is 0 Å². The van der Waals surface area contributed by atoms with Crippen molar-refractivity contribution >= 4 is 16.7 Å². The van der Waals surface area contributed by atoms with E-state index in [4.69, 9.17) is 23.7 Å². The number of hydrogen-bond donors (Lipinski definition) is 0. The van der Waals surface area contributed by atoms with Gasteiger partial charge in [-0.1, -0.05) is 6.07 Å². The van der Waals surface area contributed by atoms with E-state index in [1.807, 2.05) is 47.2 Å². The number of fused-ring (bicyclic) bond motifs is 1. The Balaban J connectivity index is 0.00000363. The quantitative estimate of drug-likeness (QED) is 0.308. The van der Waals surface area contributed by atoms with E-state index in [2.05, 4.69) is 0 Å². The highest BCUT2D eigenvalue weighted by molar-refractivity contribution is 5.87. The largest absolute Gasteiger partial charge is 1.00 e. The van der Waals surface area contributed by atoms with Crippen LogP contribution < -0.4 is 40.5 Å². The van der Waals surface area contributed by atoms with Crippen molar-refractivity contribution in [1.82, 2.24) is 0 Å². The molecule has 7 nitrogen and oxygen atoms in total. The summed E-state index contributed by atoms with van der Waals surface area (Å²) in [7, 11) is 6.43. The van der Waals surface area contributed by atoms with Crippen LogP contribution in [0, 0.1) is 0 Å². The summed E-state index contributed by atoms with van der Waals surface area (Å²) in [5.41, 5.74) is 1.95. The molecule has 3 rings (SSSR count). The van der Waals surface area contributed by atoms with Crippen molar-refractivity contribution in [2.24, 2.45) is 0 Å². The van der Waals surface area contributed by atoms with E-state index >= 15 is 0 Å². The van der Waals surface area contributed by atoms with Gasteiger partial charge >= 0.3 is 5.97 Å². The van der Waals surface area contributed by atoms with Gasteiger partial charge in [0.15, 0.2) is 34.9 Å². The van der Waals surface area contributed by atoms with E-state index in [0.717, 1.165) is 22.0 Å². The van der Waals surface area contributed by atoms with E-state index in [-0.39, 0.29) is 29.5 Å². The maximum atomic E-state index is 12.2. The molecule has 0 amide bonds. The first kappa shape index (κ1) is 25.3. The van der Waals surface area contributed by atoms with Crippen LogP contribution in [0.3, 0.4) is 0 Å². The third-order valence-corrected chi connectivity index (χ3v) is 5.07. The van der Waals surface area contributed by atoms with E-state index < -0.39 is 0 Å². The number of benzene rings is 2. The number of halogens is 1. The minimum Gasteiger partial charge on any atom is -1.00 e. The molecule has 0 fully saturated rings. The van der Waals surface area contributed by atoms with Crippen molar-refractivity contribution in [2.75, 3.05) is 35.0 Å². The SMILES string of the molecule is CCOC(=O)C[n+]1ccc2cc(OC)c(OC)cc2c1Cc1ccc(OC)c(OC)c1.[Br-]. The molecule has 0 aliphatic heterocycles. The number of carbonyl (C=O) groups excluding carboxylic acids is 1. The van der Waals surface area contributed by atoms with E-state index in [1.165, 1.54) is 0 Å². The minimum atomic E-state index is -0.291. The summed E-state index contributed by atoms with van der Waals surface area (Å²) in [4.78, 5) is 12.2. The maximum Gasteiger partial charge on any atom is 0.372 e. The second-order valence-electron chi connectivity index (χ2n) is 6.86. The Labute approximate surface area is 198 Å². The van der Waals surface area contributed by atoms with Crippen LogP contribution in [0.15, 0.2) is 42.6 Å². The predicted molar refractivity (Wildman–Crippen MR) is 116 cm³/mol. The molecule has 1 aromatic heterocycles. The van der Waals surface area contributed by atoms with Gasteiger partial charge in [0.2, 0.25) is 6.54 Å². The summed E-state index contributed by atoms with van der Waals surface area (Å²) in [5.74, 6) is 2.29. The van der Waals surface area contributed by atoms with Gasteiger partial charge in [0.25, 0.3) is 0 Å². The number of nitrogens with zero attached hydrogens (tertiary/aromatic N) is 1. The number of rotatable bonds is 9. The molecule has 0 N–H and O–H groups in total. The fourth-order valence-corrected chi connectivity index (χ4v) is 3.57. The number of esters is 1. The molecule has 2 aromatic carbocycles. The molecule has 0 aliphatic carbocycles. The fraction of sp³-hybridized carbons (Fsp3) is 0.333. The molecule has 1 heterocycles. The summed E-state index contributed by atoms with van der Waals surface area (Å²) in [6, 6.07) is 11.6. The standard InChI is InChI=1S/C24H28NO6.BrH/c1-6-31-24(26)15-25-10-9-17-13-22(29-4)23(30-5)14-18(17)19(25)11-16-7-8-20(27-2)21(12-16)28-3;/h7-10,12-14H,6,11,15H2,1-5H3;1H/q+1;/p-1. The van der Waals surface area contributed by atoms with Crippen molar-refractivity contribution in [3.8, 4) is 23.0 Å². The lowest BCUT2D eigenvalue weighted by molar-refractivity contribution is -0.691. The Morgan fingerprint density at radius 2 is 1.47 bits per heavy atom. The highest BCUT2D eigenvalue weighted by atomic mass is 79.9. The fourth-order valence-electron chi connectivity index (χ4n) is 3.57. The topological polar surface area (TPSA) is 67.1 Å². The Hall–Kier alpha value is -3.00. The Morgan fingerprint density at radius 3 is 2.09 bits per heavy atom. The predicted octanol–water partition coefficient (Wildman–Crippen LogP) is 0.320. The van der Waals surface area contributed by atoms with Gasteiger partial charge in [-0.25, -0.2) is 4.79 Å². The van der Waals surface area contributed by atoms with Crippen molar-refractivity contribution in [1.29, 1.82) is 0 Å². The van der Waals surface area contributed by atoms with E-state index in [1.54, 1.807) is 35.4 Å². The van der Waals surface area contributed by atoms with Crippen LogP contribution in [0.2, 0.25) is 0 Å². The smallest absolute Gasteiger partial charge is 0.372 e. The lowest BCUT2D eigenvalue weighted by atomic mass is 10.0. The number of pyridine rings is 1. The van der Waals surface area contributed by atoms with Crippen molar-refractivity contribution in [2.45, 2.75) is 19.9 Å². The van der Waals surface area contributed by atoms with Crippen LogP contribution in [-0.4, -0.2) is 41.0 Å². The normalized spacial score (nSPS) is 10.3. The van der Waals surface area contributed by atoms with Crippen LogP contribution in [0.5, 0.6) is 23.0 Å². The van der Waals surface area contributed by atoms with Gasteiger partial charge in [0.1, 0.15) is 0 Å². The molecule has 0 unspecified atom stereocenters. The third kappa shape index (κ3) is 5.43. The zero-order valence-electron chi connectivity index (χ0n) is 18.9. The number of ether oxygens (including phenoxy) is 5. The van der Waals surface area contributed by atoms with E-state index in [9.17, 15) is 4.79 Å². The summed E-state index contributed by atoms with van der Waals surface area (Å²) in [5, 5.41) is 1.94. The van der Waals surface area contributed by atoms with Crippen LogP contribution in [0.25, 0.3) is 10.8 Å². The van der Waals surface area contributed by atoms with Crippen LogP contribution >= 0.6 is 0 Å². The highest BCUT2D eigenvalue weighted by Gasteiger charge is 2.22. The highest BCUT2D eigenvalue weighted by Crippen LogP contribution is 2.34. The molecule has 172 valence electrons. The van der Waals surface area contributed by atoms with Crippen LogP contribution in [-0.2, 0) is 22.5 Å². The Kier molecular flexibility index (Phi) is 9.13. The minimum absolute atomic E-state index is 0. The number of methoxy groups -OCH3 is 4. The molecule has 0 atom stereocenters. The van der Waals surface area contributed by atoms with Gasteiger partial charge in [-0.3, -0.25) is 0 Å². The zero-order valence-corrected chi connectivity index (χ0v) is 20.5. The van der Waals surface area contributed by atoms with E-state index in [0.29, 0.717) is 36.0 Å². The van der Waals surface area contributed by atoms with Gasteiger partial charge in [-0.15, -0.1) is 0 Å². The lowest BCUT2D eigenvalue weighted by Crippen LogP contribution is -3.00. The number of hydrogen-bond acceptors (Lipinski definition) is 6. The van der Waals surface area contributed by atoms with Gasteiger partial charge in [0.05, 0.1) is 46.9 Å². The van der Waals surface area contributed by atoms with Crippen LogP contribution in [0.1, 0.15) is 18.2 Å². The van der Waals surface area contributed by atoms with Gasteiger partial charge in [-0.2, -0.15) is 4.57 Å². The molecular weight excluding hydrogens is 478 g/mol. The number of carbonyl (C=O) groups is 1. The first-order valence-electron chi connectivity index (χ1n) is 9.98. The maximum absolute atomic E-state index is 12.2. The van der Waals surface area contributed by atoms with Crippen molar-refractivity contribution < 1.29 is 50.0 Å². The van der Waals surface area contributed by atoms with Crippen molar-refractivity contribution in [3.05, 3.63) is 53.9 Å². The lowest BCUT2D eigenvalue weighted by Gasteiger charge is -2.13. The Bertz CT molecular complexity index is 1090. The summed E-state index contributed by atoms with van der Waals surface area (Å²) >= 11 is 0. The summed E-state index contributed by atoms with van der Waals surface area (Å²) in [6.07, 6.45) is 2.45. The molecule has 8 heteroatoms. The van der Waals surface area contributed by atoms with Gasteiger partial charge < -0.3 is 40.7 Å². The molecule has 32 heavy (non-hydrogen) atoms. The second-order valence-corrected chi connectivity index (χ2v) is 6.86. The molecule has 0 saturated heterocycles. The molecule has 3 aromatic rings. The molecule has 0 spiro atoms. The third-order valence-electron chi connectivity index (χ3n) is 5.07. The van der Waals surface area contributed by atoms with Crippen molar-refractivity contribution in [3.63, 3.8) is 0 Å². The molecular formula is C24H28BrNO6. The summed E-state index contributed by atoms with van der Waals surface area (Å²) < 4.78 is 28.8. The first-order valence-corrected chi connectivity index (χ1v) is 9.98. The molecule has 0 radical (unpaired) electrons. The molecule has 0 bridgehead atoms.